The first-order valence-electron chi connectivity index (χ1n) is 7.52. The summed E-state index contributed by atoms with van der Waals surface area (Å²) in [7, 11) is 0. The van der Waals surface area contributed by atoms with Crippen molar-refractivity contribution >= 4 is 34.3 Å². The maximum absolute atomic E-state index is 11.5. The van der Waals surface area contributed by atoms with Gasteiger partial charge in [0, 0.05) is 13.1 Å². The van der Waals surface area contributed by atoms with Crippen LogP contribution < -0.4 is 15.5 Å². The molecule has 0 aromatic carbocycles. The second-order valence-corrected chi connectivity index (χ2v) is 5.47. The maximum atomic E-state index is 11.5. The second kappa shape index (κ2) is 5.76. The van der Waals surface area contributed by atoms with Crippen molar-refractivity contribution in [1.29, 1.82) is 0 Å². The molecule has 9 nitrogen and oxygen atoms in total. The maximum Gasteiger partial charge on any atom is 0.263 e. The molecule has 2 N–H and O–H groups in total. The third-order valence-corrected chi connectivity index (χ3v) is 3.82. The van der Waals surface area contributed by atoms with Crippen LogP contribution in [0, 0.1) is 6.92 Å². The third-order valence-electron chi connectivity index (χ3n) is 3.82. The second-order valence-electron chi connectivity index (χ2n) is 5.47. The van der Waals surface area contributed by atoms with Crippen LogP contribution in [-0.4, -0.2) is 45.7 Å². The van der Waals surface area contributed by atoms with E-state index in [9.17, 15) is 4.79 Å². The van der Waals surface area contributed by atoms with Crippen LogP contribution in [0.1, 0.15) is 5.69 Å². The van der Waals surface area contributed by atoms with Crippen molar-refractivity contribution in [2.75, 3.05) is 29.9 Å². The summed E-state index contributed by atoms with van der Waals surface area (Å²) in [6, 6.07) is 3.77. The Morgan fingerprint density at radius 3 is 3.00 bits per heavy atom. The van der Waals surface area contributed by atoms with Gasteiger partial charge in [0.15, 0.2) is 0 Å². The lowest BCUT2D eigenvalue weighted by Crippen LogP contribution is -2.48. The van der Waals surface area contributed by atoms with Crippen LogP contribution in [0.5, 0.6) is 0 Å². The average Bonchev–Trinajstić information content (AvgIpc) is 2.98. The zero-order chi connectivity index (χ0) is 16.5. The van der Waals surface area contributed by atoms with Gasteiger partial charge in [0.1, 0.15) is 23.3 Å². The van der Waals surface area contributed by atoms with Crippen LogP contribution in [0.3, 0.4) is 0 Å². The van der Waals surface area contributed by atoms with Crippen molar-refractivity contribution in [2.45, 2.75) is 6.92 Å². The number of amides is 1. The summed E-state index contributed by atoms with van der Waals surface area (Å²) in [6.45, 7) is 3.54. The van der Waals surface area contributed by atoms with Crippen LogP contribution in [0.25, 0.3) is 11.1 Å². The Morgan fingerprint density at radius 2 is 2.21 bits per heavy atom. The van der Waals surface area contributed by atoms with Crippen LogP contribution in [0.2, 0.25) is 0 Å². The number of pyridine rings is 1. The molecule has 1 aliphatic rings. The molecule has 0 bridgehead atoms. The largest absolute Gasteiger partial charge is 0.353 e. The number of hydrogen-bond donors (Lipinski definition) is 2. The number of piperazine rings is 1. The Labute approximate surface area is 137 Å². The van der Waals surface area contributed by atoms with Crippen molar-refractivity contribution in [2.24, 2.45) is 0 Å². The molecular formula is C15H15N7O2. The highest BCUT2D eigenvalue weighted by Crippen LogP contribution is 2.25. The predicted octanol–water partition coefficient (Wildman–Crippen LogP) is 1.00. The Balaban J connectivity index is 1.57. The Morgan fingerprint density at radius 1 is 1.29 bits per heavy atom. The smallest absolute Gasteiger partial charge is 0.263 e. The number of rotatable bonds is 3. The highest BCUT2D eigenvalue weighted by atomic mass is 16.5. The monoisotopic (exact) mass is 325 g/mol. The van der Waals surface area contributed by atoms with E-state index in [2.05, 4.69) is 30.7 Å². The third kappa shape index (κ3) is 2.60. The van der Waals surface area contributed by atoms with Crippen LogP contribution in [0.4, 0.5) is 17.3 Å². The normalized spacial score (nSPS) is 14.7. The molecule has 3 aromatic heterocycles. The van der Waals surface area contributed by atoms with Gasteiger partial charge in [-0.25, -0.2) is 9.97 Å². The molecule has 0 atom stereocenters. The zero-order valence-corrected chi connectivity index (χ0v) is 13.0. The molecule has 1 saturated heterocycles. The van der Waals surface area contributed by atoms with Gasteiger partial charge in [0.2, 0.25) is 5.91 Å². The van der Waals surface area contributed by atoms with Gasteiger partial charge in [-0.1, -0.05) is 5.16 Å². The fourth-order valence-electron chi connectivity index (χ4n) is 2.63. The number of aromatic nitrogens is 4. The van der Waals surface area contributed by atoms with Gasteiger partial charge in [0.05, 0.1) is 24.1 Å². The van der Waals surface area contributed by atoms with E-state index in [-0.39, 0.29) is 5.91 Å². The molecule has 0 unspecified atom stereocenters. The lowest BCUT2D eigenvalue weighted by atomic mass is 10.3. The summed E-state index contributed by atoms with van der Waals surface area (Å²) >= 11 is 0. The molecule has 0 aliphatic carbocycles. The van der Waals surface area contributed by atoms with E-state index in [1.165, 1.54) is 6.33 Å². The summed E-state index contributed by atoms with van der Waals surface area (Å²) in [4.78, 5) is 26.1. The number of fused-ring (bicyclic) bond motifs is 1. The Bertz CT molecular complexity index is 890. The number of carbonyl (C=O) groups excluding carboxylic acids is 1. The minimum absolute atomic E-state index is 0.0107. The summed E-state index contributed by atoms with van der Waals surface area (Å²) in [5, 5.41) is 10.6. The van der Waals surface area contributed by atoms with E-state index in [1.54, 1.807) is 6.20 Å². The van der Waals surface area contributed by atoms with Crippen LogP contribution >= 0.6 is 0 Å². The van der Waals surface area contributed by atoms with Gasteiger partial charge in [-0.05, 0) is 19.1 Å². The van der Waals surface area contributed by atoms with Crippen molar-refractivity contribution in [3.63, 3.8) is 0 Å². The Hall–Kier alpha value is -3.23. The number of nitrogens with one attached hydrogen (secondary N) is 2. The van der Waals surface area contributed by atoms with Gasteiger partial charge in [-0.2, -0.15) is 4.98 Å². The number of carbonyl (C=O) groups is 1. The van der Waals surface area contributed by atoms with E-state index >= 15 is 0 Å². The zero-order valence-electron chi connectivity index (χ0n) is 13.0. The fourth-order valence-corrected chi connectivity index (χ4v) is 2.63. The van der Waals surface area contributed by atoms with Gasteiger partial charge >= 0.3 is 0 Å². The first kappa shape index (κ1) is 14.4. The van der Waals surface area contributed by atoms with E-state index in [0.717, 1.165) is 29.1 Å². The molecule has 3 aromatic rings. The molecule has 1 amide bonds. The van der Waals surface area contributed by atoms with Crippen LogP contribution in [0.15, 0.2) is 29.2 Å². The topological polar surface area (TPSA) is 109 Å². The van der Waals surface area contributed by atoms with E-state index in [4.69, 9.17) is 4.52 Å². The molecule has 4 rings (SSSR count). The van der Waals surface area contributed by atoms with E-state index in [0.29, 0.717) is 24.6 Å². The first-order valence-corrected chi connectivity index (χ1v) is 7.52. The molecule has 1 fully saturated rings. The van der Waals surface area contributed by atoms with Crippen molar-refractivity contribution in [1.82, 2.24) is 25.4 Å². The Kier molecular flexibility index (Phi) is 3.45. The summed E-state index contributed by atoms with van der Waals surface area (Å²) in [6.07, 6.45) is 3.13. The van der Waals surface area contributed by atoms with Crippen molar-refractivity contribution < 1.29 is 9.32 Å². The highest BCUT2D eigenvalue weighted by Gasteiger charge is 2.17. The lowest BCUT2D eigenvalue weighted by molar-refractivity contribution is -0.120. The van der Waals surface area contributed by atoms with Gasteiger partial charge in [0.25, 0.3) is 5.71 Å². The van der Waals surface area contributed by atoms with Gasteiger partial charge < -0.3 is 20.1 Å². The highest BCUT2D eigenvalue weighted by molar-refractivity contribution is 5.89. The summed E-state index contributed by atoms with van der Waals surface area (Å²) < 4.78 is 5.13. The van der Waals surface area contributed by atoms with Gasteiger partial charge in [-0.3, -0.25) is 4.79 Å². The number of hydrogen-bond acceptors (Lipinski definition) is 8. The molecule has 122 valence electrons. The number of nitrogens with zero attached hydrogens (tertiary/aromatic N) is 5. The molecule has 0 radical (unpaired) electrons. The minimum atomic E-state index is 0.0107. The standard InChI is InChI=1S/C15H15N7O2/c1-9-13-14(18-8-19-15(13)24-21-9)20-10-2-3-11(17-6-10)22-5-4-16-12(23)7-22/h2-3,6,8H,4-5,7H2,1H3,(H,16,23)(H,18,19,20). The minimum Gasteiger partial charge on any atom is -0.353 e. The SMILES string of the molecule is Cc1noc2ncnc(Nc3ccc(N4CCNC(=O)C4)nc3)c12. The molecule has 0 saturated carbocycles. The van der Waals surface area contributed by atoms with Crippen molar-refractivity contribution in [3.8, 4) is 0 Å². The summed E-state index contributed by atoms with van der Waals surface area (Å²) in [5.74, 6) is 1.40. The molecule has 0 spiro atoms. The van der Waals surface area contributed by atoms with Crippen molar-refractivity contribution in [3.05, 3.63) is 30.4 Å². The summed E-state index contributed by atoms with van der Waals surface area (Å²) in [5.41, 5.74) is 1.94. The average molecular weight is 325 g/mol. The van der Waals surface area contributed by atoms with E-state index < -0.39 is 0 Å². The molecule has 24 heavy (non-hydrogen) atoms. The molecule has 4 heterocycles. The molecule has 1 aliphatic heterocycles. The number of anilines is 3. The van der Waals surface area contributed by atoms with E-state index in [1.807, 2.05) is 24.0 Å². The first-order chi connectivity index (χ1) is 11.7. The fraction of sp³-hybridized carbons (Fsp3) is 0.267. The molecular weight excluding hydrogens is 310 g/mol. The lowest BCUT2D eigenvalue weighted by Gasteiger charge is -2.27. The predicted molar refractivity (Wildman–Crippen MR) is 87.1 cm³/mol. The quantitative estimate of drug-likeness (QED) is 0.734. The molecule has 9 heteroatoms. The van der Waals surface area contributed by atoms with Gasteiger partial charge in [-0.15, -0.1) is 0 Å². The number of aryl methyl sites for hydroxylation is 1. The van der Waals surface area contributed by atoms with Crippen LogP contribution in [-0.2, 0) is 4.79 Å².